The third kappa shape index (κ3) is 4.93. The van der Waals surface area contributed by atoms with Gasteiger partial charge in [0.25, 0.3) is 5.91 Å². The maximum atomic E-state index is 12.2. The number of imide groups is 1. The number of carbonyl (C=O) groups excluding carboxylic acids is 2. The van der Waals surface area contributed by atoms with Crippen LogP contribution in [-0.4, -0.2) is 52.0 Å². The highest BCUT2D eigenvalue weighted by Gasteiger charge is 2.17. The molecule has 0 spiro atoms. The Morgan fingerprint density at radius 2 is 1.47 bits per heavy atom. The first-order chi connectivity index (χ1) is 14.6. The standard InChI is InChI=1S/C21H23N3O6/c1-24(12-14-2-4-16-18(10-14)29-8-6-27-16)13-20(25)23-21(26)22-15-3-5-17-19(11-15)30-9-7-28-17/h2-5,10-11H,6-9,12-13H2,1H3,(H2,22,23,25,26)/p+1. The lowest BCUT2D eigenvalue weighted by atomic mass is 10.2. The van der Waals surface area contributed by atoms with Crippen LogP contribution >= 0.6 is 0 Å². The molecular formula is C21H24N3O6+. The number of quaternary nitrogens is 1. The number of likely N-dealkylation sites (N-methyl/N-ethyl adjacent to an activating group) is 1. The Bertz CT molecular complexity index is 948. The lowest BCUT2D eigenvalue weighted by molar-refractivity contribution is -0.885. The Morgan fingerprint density at radius 3 is 2.17 bits per heavy atom. The van der Waals surface area contributed by atoms with E-state index in [0.29, 0.717) is 50.2 Å². The molecule has 0 saturated carbocycles. The minimum Gasteiger partial charge on any atom is -0.486 e. The van der Waals surface area contributed by atoms with Crippen molar-refractivity contribution in [1.82, 2.24) is 5.32 Å². The molecule has 2 aliphatic rings. The van der Waals surface area contributed by atoms with Gasteiger partial charge in [-0.2, -0.15) is 0 Å². The van der Waals surface area contributed by atoms with E-state index < -0.39 is 6.03 Å². The largest absolute Gasteiger partial charge is 0.486 e. The molecule has 158 valence electrons. The van der Waals surface area contributed by atoms with Crippen molar-refractivity contribution >= 4 is 17.6 Å². The molecule has 30 heavy (non-hydrogen) atoms. The number of amides is 3. The fourth-order valence-corrected chi connectivity index (χ4v) is 3.34. The first kappa shape index (κ1) is 19.8. The van der Waals surface area contributed by atoms with Gasteiger partial charge in [0.1, 0.15) is 33.0 Å². The summed E-state index contributed by atoms with van der Waals surface area (Å²) in [6.45, 7) is 2.78. The van der Waals surface area contributed by atoms with E-state index >= 15 is 0 Å². The zero-order valence-electron chi connectivity index (χ0n) is 16.7. The van der Waals surface area contributed by atoms with Gasteiger partial charge in [-0.1, -0.05) is 0 Å². The first-order valence-corrected chi connectivity index (χ1v) is 9.77. The van der Waals surface area contributed by atoms with Gasteiger partial charge in [0.2, 0.25) is 0 Å². The van der Waals surface area contributed by atoms with Crippen molar-refractivity contribution in [3.63, 3.8) is 0 Å². The lowest BCUT2D eigenvalue weighted by Gasteiger charge is -2.20. The average molecular weight is 414 g/mol. The third-order valence-corrected chi connectivity index (χ3v) is 4.63. The summed E-state index contributed by atoms with van der Waals surface area (Å²) in [5.41, 5.74) is 1.53. The Morgan fingerprint density at radius 1 is 0.867 bits per heavy atom. The molecule has 1 atom stereocenters. The van der Waals surface area contributed by atoms with Gasteiger partial charge in [-0.05, 0) is 30.3 Å². The number of hydrogen-bond donors (Lipinski definition) is 3. The number of urea groups is 1. The Labute approximate surface area is 173 Å². The quantitative estimate of drug-likeness (QED) is 0.663. The molecule has 0 fully saturated rings. The van der Waals surface area contributed by atoms with Crippen molar-refractivity contribution in [3.05, 3.63) is 42.0 Å². The molecule has 0 bridgehead atoms. The van der Waals surface area contributed by atoms with E-state index in [1.165, 1.54) is 0 Å². The summed E-state index contributed by atoms with van der Waals surface area (Å²) in [6, 6.07) is 10.2. The lowest BCUT2D eigenvalue weighted by Crippen LogP contribution is -3.09. The van der Waals surface area contributed by atoms with E-state index in [-0.39, 0.29) is 12.5 Å². The Hall–Kier alpha value is -3.46. The highest BCUT2D eigenvalue weighted by molar-refractivity contribution is 6.01. The number of fused-ring (bicyclic) bond motifs is 2. The van der Waals surface area contributed by atoms with Crippen LogP contribution in [0.15, 0.2) is 36.4 Å². The molecule has 3 amide bonds. The average Bonchev–Trinajstić information content (AvgIpc) is 2.73. The summed E-state index contributed by atoms with van der Waals surface area (Å²) >= 11 is 0. The maximum absolute atomic E-state index is 12.2. The van der Waals surface area contributed by atoms with Crippen LogP contribution in [-0.2, 0) is 11.3 Å². The van der Waals surface area contributed by atoms with Crippen LogP contribution in [0, 0.1) is 0 Å². The molecule has 3 N–H and O–H groups in total. The van der Waals surface area contributed by atoms with Crippen LogP contribution in [0.25, 0.3) is 0 Å². The number of ether oxygens (including phenoxy) is 4. The van der Waals surface area contributed by atoms with Crippen LogP contribution in [0.5, 0.6) is 23.0 Å². The van der Waals surface area contributed by atoms with Crippen molar-refractivity contribution in [2.45, 2.75) is 6.54 Å². The van der Waals surface area contributed by atoms with E-state index in [4.69, 9.17) is 18.9 Å². The molecule has 2 aliphatic heterocycles. The smallest absolute Gasteiger partial charge is 0.326 e. The number of anilines is 1. The fourth-order valence-electron chi connectivity index (χ4n) is 3.34. The van der Waals surface area contributed by atoms with Gasteiger partial charge in [0.05, 0.1) is 7.05 Å². The molecule has 9 nitrogen and oxygen atoms in total. The predicted octanol–water partition coefficient (Wildman–Crippen LogP) is 0.592. The monoisotopic (exact) mass is 414 g/mol. The van der Waals surface area contributed by atoms with Crippen molar-refractivity contribution < 1.29 is 33.4 Å². The third-order valence-electron chi connectivity index (χ3n) is 4.63. The highest BCUT2D eigenvalue weighted by atomic mass is 16.6. The summed E-state index contributed by atoms with van der Waals surface area (Å²) in [7, 11) is 1.88. The minimum atomic E-state index is -0.594. The Kier molecular flexibility index (Phi) is 5.89. The molecule has 4 rings (SSSR count). The maximum Gasteiger partial charge on any atom is 0.326 e. The molecule has 0 radical (unpaired) electrons. The van der Waals surface area contributed by atoms with Gasteiger partial charge >= 0.3 is 6.03 Å². The second kappa shape index (κ2) is 8.91. The van der Waals surface area contributed by atoms with Crippen LogP contribution < -0.4 is 34.5 Å². The molecule has 0 aliphatic carbocycles. The van der Waals surface area contributed by atoms with E-state index in [2.05, 4.69) is 10.6 Å². The number of rotatable bonds is 5. The number of carbonyl (C=O) groups is 2. The second-order valence-electron chi connectivity index (χ2n) is 7.15. The highest BCUT2D eigenvalue weighted by Crippen LogP contribution is 2.32. The minimum absolute atomic E-state index is 0.142. The molecular weight excluding hydrogens is 390 g/mol. The molecule has 0 saturated heterocycles. The number of hydrogen-bond acceptors (Lipinski definition) is 6. The first-order valence-electron chi connectivity index (χ1n) is 9.77. The predicted molar refractivity (Wildman–Crippen MR) is 107 cm³/mol. The molecule has 0 aromatic heterocycles. The van der Waals surface area contributed by atoms with Crippen molar-refractivity contribution in [2.24, 2.45) is 0 Å². The summed E-state index contributed by atoms with van der Waals surface area (Å²) in [4.78, 5) is 25.3. The molecule has 2 aromatic rings. The van der Waals surface area contributed by atoms with E-state index in [1.807, 2.05) is 25.2 Å². The van der Waals surface area contributed by atoms with Crippen LogP contribution in [0.1, 0.15) is 5.56 Å². The van der Waals surface area contributed by atoms with Crippen LogP contribution in [0.2, 0.25) is 0 Å². The summed E-state index contributed by atoms with van der Waals surface area (Å²) in [5.74, 6) is 2.27. The zero-order valence-corrected chi connectivity index (χ0v) is 16.7. The summed E-state index contributed by atoms with van der Waals surface area (Å²) < 4.78 is 22.0. The molecule has 2 aromatic carbocycles. The topological polar surface area (TPSA) is 99.6 Å². The van der Waals surface area contributed by atoms with Crippen molar-refractivity contribution in [3.8, 4) is 23.0 Å². The fraction of sp³-hybridized carbons (Fsp3) is 0.333. The summed E-state index contributed by atoms with van der Waals surface area (Å²) in [5, 5.41) is 4.98. The van der Waals surface area contributed by atoms with Crippen LogP contribution in [0.4, 0.5) is 10.5 Å². The van der Waals surface area contributed by atoms with Gasteiger partial charge in [-0.25, -0.2) is 4.79 Å². The van der Waals surface area contributed by atoms with Gasteiger partial charge in [0, 0.05) is 17.3 Å². The molecule has 9 heteroatoms. The SMILES string of the molecule is C[NH+](CC(=O)NC(=O)Nc1ccc2c(c1)OCCO2)Cc1ccc2c(c1)OCCO2. The van der Waals surface area contributed by atoms with E-state index in [1.54, 1.807) is 18.2 Å². The second-order valence-corrected chi connectivity index (χ2v) is 7.15. The van der Waals surface area contributed by atoms with Crippen LogP contribution in [0.3, 0.4) is 0 Å². The van der Waals surface area contributed by atoms with Crippen molar-refractivity contribution in [1.29, 1.82) is 0 Å². The van der Waals surface area contributed by atoms with E-state index in [9.17, 15) is 9.59 Å². The zero-order chi connectivity index (χ0) is 20.9. The normalized spacial score (nSPS) is 15.1. The molecule has 2 heterocycles. The Balaban J connectivity index is 1.26. The van der Waals surface area contributed by atoms with Gasteiger partial charge in [-0.3, -0.25) is 10.1 Å². The summed E-state index contributed by atoms with van der Waals surface area (Å²) in [6.07, 6.45) is 0. The van der Waals surface area contributed by atoms with Crippen molar-refractivity contribution in [2.75, 3.05) is 45.3 Å². The molecule has 1 unspecified atom stereocenters. The van der Waals surface area contributed by atoms with Gasteiger partial charge < -0.3 is 29.2 Å². The number of benzene rings is 2. The van der Waals surface area contributed by atoms with Gasteiger partial charge in [-0.15, -0.1) is 0 Å². The number of nitrogens with one attached hydrogen (secondary N) is 3. The van der Waals surface area contributed by atoms with Gasteiger partial charge in [0.15, 0.2) is 29.5 Å². The van der Waals surface area contributed by atoms with E-state index in [0.717, 1.165) is 22.0 Å².